The fourth-order valence-electron chi connectivity index (χ4n) is 1.71. The smallest absolute Gasteiger partial charge is 0.221 e. The normalized spacial score (nSPS) is 11.8. The van der Waals surface area contributed by atoms with Crippen molar-refractivity contribution in [3.8, 4) is 11.3 Å². The number of anilines is 1. The molecule has 100 valence electrons. The molecule has 4 nitrogen and oxygen atoms in total. The molecular weight excluding hydrogens is 248 g/mol. The minimum absolute atomic E-state index is 0.252. The van der Waals surface area contributed by atoms with Crippen LogP contribution in [0.4, 0.5) is 5.95 Å². The first-order valence-electron chi connectivity index (χ1n) is 6.22. The van der Waals surface area contributed by atoms with Crippen LogP contribution in [0.15, 0.2) is 60.2 Å². The van der Waals surface area contributed by atoms with E-state index in [9.17, 15) is 0 Å². The van der Waals surface area contributed by atoms with E-state index in [4.69, 9.17) is 5.73 Å². The van der Waals surface area contributed by atoms with Gasteiger partial charge in [-0.15, -0.1) is 0 Å². The molecular formula is C16H16N4. The molecule has 2 rings (SSSR count). The Morgan fingerprint density at radius 1 is 1.25 bits per heavy atom. The molecule has 1 heterocycles. The van der Waals surface area contributed by atoms with Gasteiger partial charge in [0, 0.05) is 18.0 Å². The lowest BCUT2D eigenvalue weighted by Crippen LogP contribution is -2.00. The van der Waals surface area contributed by atoms with Gasteiger partial charge in [-0.1, -0.05) is 43.0 Å². The van der Waals surface area contributed by atoms with Gasteiger partial charge in [-0.2, -0.15) is 0 Å². The molecule has 0 amide bonds. The molecule has 0 bridgehead atoms. The zero-order valence-electron chi connectivity index (χ0n) is 11.3. The van der Waals surface area contributed by atoms with Gasteiger partial charge >= 0.3 is 0 Å². The molecule has 0 aliphatic carbocycles. The van der Waals surface area contributed by atoms with Crippen molar-refractivity contribution in [2.24, 2.45) is 4.99 Å². The molecule has 0 spiro atoms. The quantitative estimate of drug-likeness (QED) is 0.861. The number of hydrogen-bond acceptors (Lipinski definition) is 4. The summed E-state index contributed by atoms with van der Waals surface area (Å²) < 4.78 is 0. The van der Waals surface area contributed by atoms with Gasteiger partial charge in [0.1, 0.15) is 0 Å². The van der Waals surface area contributed by atoms with Crippen molar-refractivity contribution in [3.05, 3.63) is 60.9 Å². The van der Waals surface area contributed by atoms with E-state index in [-0.39, 0.29) is 5.95 Å². The van der Waals surface area contributed by atoms with Crippen LogP contribution in [0.1, 0.15) is 12.6 Å². The van der Waals surface area contributed by atoms with Crippen molar-refractivity contribution >= 4 is 17.7 Å². The third kappa shape index (κ3) is 3.38. The standard InChI is InChI=1S/C16H16N4/c1-3-9-18-11-12(2)14-10-15(20-16(17)19-14)13-7-5-4-6-8-13/h3-11H,1H2,2H3,(H2,17,19,20)/b12-11+,18-9-. The second-order valence-corrected chi connectivity index (χ2v) is 4.21. The van der Waals surface area contributed by atoms with E-state index in [0.29, 0.717) is 0 Å². The lowest BCUT2D eigenvalue weighted by atomic mass is 10.1. The monoisotopic (exact) mass is 264 g/mol. The van der Waals surface area contributed by atoms with Crippen LogP contribution in [0.3, 0.4) is 0 Å². The van der Waals surface area contributed by atoms with Crippen LogP contribution in [-0.4, -0.2) is 16.2 Å². The third-order valence-electron chi connectivity index (χ3n) is 2.68. The Kier molecular flexibility index (Phi) is 4.39. The van der Waals surface area contributed by atoms with Crippen LogP contribution < -0.4 is 5.73 Å². The Bertz CT molecular complexity index is 657. The van der Waals surface area contributed by atoms with E-state index < -0.39 is 0 Å². The lowest BCUT2D eigenvalue weighted by molar-refractivity contribution is 1.16. The highest BCUT2D eigenvalue weighted by molar-refractivity contribution is 5.73. The van der Waals surface area contributed by atoms with Gasteiger partial charge in [-0.3, -0.25) is 4.99 Å². The van der Waals surface area contributed by atoms with Gasteiger partial charge in [0.25, 0.3) is 0 Å². The van der Waals surface area contributed by atoms with Crippen molar-refractivity contribution in [2.75, 3.05) is 5.73 Å². The number of aromatic nitrogens is 2. The largest absolute Gasteiger partial charge is 0.368 e. The van der Waals surface area contributed by atoms with Crippen LogP contribution in [-0.2, 0) is 0 Å². The molecule has 0 unspecified atom stereocenters. The Hall–Kier alpha value is -2.75. The minimum atomic E-state index is 0.252. The number of nitrogens with zero attached hydrogens (tertiary/aromatic N) is 3. The Balaban J connectivity index is 2.41. The molecule has 0 atom stereocenters. The molecule has 0 fully saturated rings. The van der Waals surface area contributed by atoms with E-state index in [2.05, 4.69) is 21.5 Å². The molecule has 1 aromatic heterocycles. The highest BCUT2D eigenvalue weighted by Crippen LogP contribution is 2.21. The number of hydrogen-bond donors (Lipinski definition) is 1. The van der Waals surface area contributed by atoms with Gasteiger partial charge in [-0.25, -0.2) is 9.97 Å². The summed E-state index contributed by atoms with van der Waals surface area (Å²) in [5.41, 5.74) is 9.26. The van der Waals surface area contributed by atoms with Crippen molar-refractivity contribution in [2.45, 2.75) is 6.92 Å². The molecule has 20 heavy (non-hydrogen) atoms. The highest BCUT2D eigenvalue weighted by atomic mass is 15.0. The van der Waals surface area contributed by atoms with Crippen LogP contribution in [0.5, 0.6) is 0 Å². The highest BCUT2D eigenvalue weighted by Gasteiger charge is 2.05. The van der Waals surface area contributed by atoms with E-state index in [1.165, 1.54) is 0 Å². The molecule has 4 heteroatoms. The van der Waals surface area contributed by atoms with E-state index in [1.54, 1.807) is 18.5 Å². The van der Waals surface area contributed by atoms with Gasteiger partial charge in [0.2, 0.25) is 5.95 Å². The number of benzene rings is 1. The van der Waals surface area contributed by atoms with Gasteiger partial charge in [0.15, 0.2) is 0 Å². The van der Waals surface area contributed by atoms with Crippen LogP contribution >= 0.6 is 0 Å². The molecule has 1 aromatic carbocycles. The van der Waals surface area contributed by atoms with E-state index in [0.717, 1.165) is 22.5 Å². The lowest BCUT2D eigenvalue weighted by Gasteiger charge is -2.05. The Morgan fingerprint density at radius 3 is 2.70 bits per heavy atom. The second-order valence-electron chi connectivity index (χ2n) is 4.21. The van der Waals surface area contributed by atoms with Gasteiger partial charge in [-0.05, 0) is 18.6 Å². The maximum absolute atomic E-state index is 5.79. The van der Waals surface area contributed by atoms with E-state index >= 15 is 0 Å². The van der Waals surface area contributed by atoms with Crippen molar-refractivity contribution in [3.63, 3.8) is 0 Å². The summed E-state index contributed by atoms with van der Waals surface area (Å²) in [4.78, 5) is 12.6. The predicted octanol–water partition coefficient (Wildman–Crippen LogP) is 3.34. The summed E-state index contributed by atoms with van der Waals surface area (Å²) in [5.74, 6) is 0.252. The Labute approximate surface area is 118 Å². The molecule has 0 aliphatic rings. The van der Waals surface area contributed by atoms with Crippen molar-refractivity contribution < 1.29 is 0 Å². The zero-order valence-corrected chi connectivity index (χ0v) is 11.3. The summed E-state index contributed by atoms with van der Waals surface area (Å²) in [6, 6.07) is 11.8. The molecule has 2 aromatic rings. The number of rotatable bonds is 4. The number of nitrogens with two attached hydrogens (primary N) is 1. The number of nitrogen functional groups attached to an aromatic ring is 1. The number of aliphatic imine (C=N–C) groups is 1. The molecule has 0 saturated carbocycles. The first kappa shape index (κ1) is 13.7. The summed E-state index contributed by atoms with van der Waals surface area (Å²) in [5, 5.41) is 0. The van der Waals surface area contributed by atoms with Gasteiger partial charge in [0.05, 0.1) is 11.4 Å². The van der Waals surface area contributed by atoms with Gasteiger partial charge < -0.3 is 5.73 Å². The second kappa shape index (κ2) is 6.43. The Morgan fingerprint density at radius 2 is 2.00 bits per heavy atom. The first-order valence-corrected chi connectivity index (χ1v) is 6.22. The molecule has 0 radical (unpaired) electrons. The van der Waals surface area contributed by atoms with Crippen LogP contribution in [0.2, 0.25) is 0 Å². The van der Waals surface area contributed by atoms with E-state index in [1.807, 2.05) is 43.3 Å². The summed E-state index contributed by atoms with van der Waals surface area (Å²) in [6.07, 6.45) is 4.96. The average Bonchev–Trinajstić information content (AvgIpc) is 2.47. The fourth-order valence-corrected chi connectivity index (χ4v) is 1.71. The predicted molar refractivity (Wildman–Crippen MR) is 84.2 cm³/mol. The molecule has 2 N–H and O–H groups in total. The average molecular weight is 264 g/mol. The number of allylic oxidation sites excluding steroid dienone is 2. The molecule has 0 saturated heterocycles. The maximum Gasteiger partial charge on any atom is 0.221 e. The summed E-state index contributed by atoms with van der Waals surface area (Å²) in [6.45, 7) is 5.50. The zero-order chi connectivity index (χ0) is 14.4. The summed E-state index contributed by atoms with van der Waals surface area (Å²) in [7, 11) is 0. The SMILES string of the molecule is C=C/C=N\C=C(/C)c1cc(-c2ccccc2)nc(N)n1. The fraction of sp³-hybridized carbons (Fsp3) is 0.0625. The van der Waals surface area contributed by atoms with Crippen molar-refractivity contribution in [1.29, 1.82) is 0 Å². The van der Waals surface area contributed by atoms with Crippen LogP contribution in [0.25, 0.3) is 16.8 Å². The summed E-state index contributed by atoms with van der Waals surface area (Å²) >= 11 is 0. The minimum Gasteiger partial charge on any atom is -0.368 e. The van der Waals surface area contributed by atoms with Crippen LogP contribution in [0, 0.1) is 0 Å². The third-order valence-corrected chi connectivity index (χ3v) is 2.68. The molecule has 0 aliphatic heterocycles. The topological polar surface area (TPSA) is 64.2 Å². The first-order chi connectivity index (χ1) is 9.70. The maximum atomic E-state index is 5.79. The van der Waals surface area contributed by atoms with Crippen molar-refractivity contribution in [1.82, 2.24) is 9.97 Å².